The third-order valence-electron chi connectivity index (χ3n) is 3.33. The third kappa shape index (κ3) is 5.01. The minimum absolute atomic E-state index is 0.144. The summed E-state index contributed by atoms with van der Waals surface area (Å²) in [5, 5.41) is 1.79. The van der Waals surface area contributed by atoms with Crippen LogP contribution in [-0.2, 0) is 11.0 Å². The van der Waals surface area contributed by atoms with Crippen LogP contribution >= 0.6 is 11.8 Å². The van der Waals surface area contributed by atoms with E-state index in [9.17, 15) is 18.0 Å². The van der Waals surface area contributed by atoms with Gasteiger partial charge in [0, 0.05) is 6.07 Å². The minimum Gasteiger partial charge on any atom is -0.383 e. The zero-order chi connectivity index (χ0) is 19.5. The van der Waals surface area contributed by atoms with Crippen molar-refractivity contribution < 1.29 is 18.0 Å². The van der Waals surface area contributed by atoms with Crippen LogP contribution < -0.4 is 16.8 Å². The Kier molecular flexibility index (Phi) is 5.96. The second kappa shape index (κ2) is 7.81. The Morgan fingerprint density at radius 1 is 1.15 bits per heavy atom. The SMILES string of the molecule is CC(C)[C@@H](Sc1nc(N)cc(N)n1)C(=O)Nc1ccccc1C(F)(F)F. The number of nitrogen functional groups attached to an aromatic ring is 2. The summed E-state index contributed by atoms with van der Waals surface area (Å²) >= 11 is 0.990. The summed E-state index contributed by atoms with van der Waals surface area (Å²) in [5.74, 6) is -0.508. The highest BCUT2D eigenvalue weighted by Crippen LogP contribution is 2.35. The fourth-order valence-corrected chi connectivity index (χ4v) is 3.15. The number of hydrogen-bond donors (Lipinski definition) is 3. The van der Waals surface area contributed by atoms with Gasteiger partial charge in [0.15, 0.2) is 5.16 Å². The normalized spacial score (nSPS) is 12.8. The van der Waals surface area contributed by atoms with Crippen molar-refractivity contribution in [2.75, 3.05) is 16.8 Å². The largest absolute Gasteiger partial charge is 0.418 e. The molecule has 0 saturated heterocycles. The van der Waals surface area contributed by atoms with Gasteiger partial charge < -0.3 is 16.8 Å². The Morgan fingerprint density at radius 3 is 2.27 bits per heavy atom. The summed E-state index contributed by atoms with van der Waals surface area (Å²) in [4.78, 5) is 20.6. The Bertz CT molecular complexity index is 777. The van der Waals surface area contributed by atoms with E-state index >= 15 is 0 Å². The number of nitrogens with one attached hydrogen (secondary N) is 1. The smallest absolute Gasteiger partial charge is 0.383 e. The lowest BCUT2D eigenvalue weighted by atomic mass is 10.1. The number of amides is 1. The van der Waals surface area contributed by atoms with Gasteiger partial charge in [-0.2, -0.15) is 13.2 Å². The summed E-state index contributed by atoms with van der Waals surface area (Å²) in [6.45, 7) is 3.53. The highest BCUT2D eigenvalue weighted by Gasteiger charge is 2.34. The van der Waals surface area contributed by atoms with E-state index in [4.69, 9.17) is 11.5 Å². The van der Waals surface area contributed by atoms with Crippen molar-refractivity contribution in [1.82, 2.24) is 9.97 Å². The van der Waals surface area contributed by atoms with Crippen LogP contribution in [0.3, 0.4) is 0 Å². The number of para-hydroxylation sites is 1. The molecule has 0 fully saturated rings. The second-order valence-corrected chi connectivity index (χ2v) is 6.92. The van der Waals surface area contributed by atoms with Gasteiger partial charge in [-0.1, -0.05) is 37.7 Å². The van der Waals surface area contributed by atoms with Crippen LogP contribution in [0.1, 0.15) is 19.4 Å². The predicted molar refractivity (Wildman–Crippen MR) is 95.4 cm³/mol. The first kappa shape index (κ1) is 19.8. The number of hydrogen-bond acceptors (Lipinski definition) is 6. The molecular formula is C16H18F3N5OS. The molecule has 0 aliphatic carbocycles. The highest BCUT2D eigenvalue weighted by molar-refractivity contribution is 8.00. The van der Waals surface area contributed by atoms with E-state index < -0.39 is 22.9 Å². The summed E-state index contributed by atoms with van der Waals surface area (Å²) in [6.07, 6.45) is -4.57. The second-order valence-electron chi connectivity index (χ2n) is 5.82. The number of aromatic nitrogens is 2. The zero-order valence-corrected chi connectivity index (χ0v) is 14.9. The van der Waals surface area contributed by atoms with Crippen LogP contribution in [0.5, 0.6) is 0 Å². The van der Waals surface area contributed by atoms with Crippen LogP contribution in [0.25, 0.3) is 0 Å². The number of nitrogens with zero attached hydrogens (tertiary/aromatic N) is 2. The average molecular weight is 385 g/mol. The molecule has 1 atom stereocenters. The molecule has 0 bridgehead atoms. The first-order chi connectivity index (χ1) is 12.1. The summed E-state index contributed by atoms with van der Waals surface area (Å²) in [7, 11) is 0. The Morgan fingerprint density at radius 2 is 1.73 bits per heavy atom. The standard InChI is InChI=1S/C16H18F3N5OS/c1-8(2)13(26-15-23-11(20)7-12(21)24-15)14(25)22-10-6-4-3-5-9(10)16(17,18)19/h3-8,13H,1-2H3,(H,22,25)(H4,20,21,23,24)/t13-/m1/s1. The lowest BCUT2D eigenvalue weighted by molar-refractivity contribution is -0.137. The maximum Gasteiger partial charge on any atom is 0.418 e. The molecule has 0 unspecified atom stereocenters. The molecule has 0 radical (unpaired) electrons. The van der Waals surface area contributed by atoms with E-state index in [0.717, 1.165) is 17.8 Å². The van der Waals surface area contributed by atoms with E-state index in [1.807, 2.05) is 0 Å². The number of alkyl halides is 3. The van der Waals surface area contributed by atoms with Crippen LogP contribution in [0, 0.1) is 5.92 Å². The number of thioether (sulfide) groups is 1. The monoisotopic (exact) mass is 385 g/mol. The number of carbonyl (C=O) groups excluding carboxylic acids is 1. The van der Waals surface area contributed by atoms with Crippen LogP contribution in [0.2, 0.25) is 0 Å². The van der Waals surface area contributed by atoms with Crippen molar-refractivity contribution in [1.29, 1.82) is 0 Å². The topological polar surface area (TPSA) is 107 Å². The highest BCUT2D eigenvalue weighted by atomic mass is 32.2. The molecule has 1 aromatic heterocycles. The van der Waals surface area contributed by atoms with Crippen LogP contribution in [-0.4, -0.2) is 21.1 Å². The number of carbonyl (C=O) groups is 1. The van der Waals surface area contributed by atoms with Gasteiger partial charge >= 0.3 is 6.18 Å². The van der Waals surface area contributed by atoms with Crippen LogP contribution in [0.15, 0.2) is 35.5 Å². The molecule has 140 valence electrons. The molecule has 2 aromatic rings. The van der Waals surface area contributed by atoms with Crippen molar-refractivity contribution in [3.8, 4) is 0 Å². The molecule has 1 heterocycles. The Labute approximate surface area is 152 Å². The van der Waals surface area contributed by atoms with E-state index in [2.05, 4.69) is 15.3 Å². The van der Waals surface area contributed by atoms with Gasteiger partial charge in [0.25, 0.3) is 0 Å². The van der Waals surface area contributed by atoms with E-state index in [1.54, 1.807) is 13.8 Å². The van der Waals surface area contributed by atoms with E-state index in [0.29, 0.717) is 0 Å². The van der Waals surface area contributed by atoms with E-state index in [1.165, 1.54) is 24.3 Å². The van der Waals surface area contributed by atoms with E-state index in [-0.39, 0.29) is 28.4 Å². The Hall–Kier alpha value is -2.49. The molecule has 10 heteroatoms. The maximum absolute atomic E-state index is 13.1. The first-order valence-electron chi connectivity index (χ1n) is 7.61. The van der Waals surface area contributed by atoms with Crippen molar-refractivity contribution in [2.45, 2.75) is 30.4 Å². The molecule has 0 spiro atoms. The van der Waals surface area contributed by atoms with Gasteiger partial charge in [-0.3, -0.25) is 4.79 Å². The fraction of sp³-hybridized carbons (Fsp3) is 0.312. The summed E-state index contributed by atoms with van der Waals surface area (Å²) in [6, 6.07) is 6.17. The molecule has 0 aliphatic heterocycles. The minimum atomic E-state index is -4.57. The number of nitrogens with two attached hydrogens (primary N) is 2. The summed E-state index contributed by atoms with van der Waals surface area (Å²) < 4.78 is 39.3. The quantitative estimate of drug-likeness (QED) is 0.538. The average Bonchev–Trinajstić information content (AvgIpc) is 2.50. The number of halogens is 3. The maximum atomic E-state index is 13.1. The predicted octanol–water partition coefficient (Wildman–Crippen LogP) is 3.42. The molecular weight excluding hydrogens is 367 g/mol. The summed E-state index contributed by atoms with van der Waals surface area (Å²) in [5.41, 5.74) is 10.0. The molecule has 1 amide bonds. The lowest BCUT2D eigenvalue weighted by Crippen LogP contribution is -2.30. The van der Waals surface area contributed by atoms with Gasteiger partial charge in [0.1, 0.15) is 11.6 Å². The molecule has 0 aliphatic rings. The first-order valence-corrected chi connectivity index (χ1v) is 8.49. The van der Waals surface area contributed by atoms with Crippen molar-refractivity contribution in [3.05, 3.63) is 35.9 Å². The van der Waals surface area contributed by atoms with Crippen molar-refractivity contribution >= 4 is 35.0 Å². The molecule has 1 aromatic carbocycles. The van der Waals surface area contributed by atoms with Gasteiger partial charge in [0.2, 0.25) is 5.91 Å². The van der Waals surface area contributed by atoms with Crippen molar-refractivity contribution in [3.63, 3.8) is 0 Å². The molecule has 6 nitrogen and oxygen atoms in total. The van der Waals surface area contributed by atoms with Crippen molar-refractivity contribution in [2.24, 2.45) is 5.92 Å². The molecule has 2 rings (SSSR count). The molecule has 5 N–H and O–H groups in total. The zero-order valence-electron chi connectivity index (χ0n) is 14.0. The van der Waals surface area contributed by atoms with Crippen LogP contribution in [0.4, 0.5) is 30.5 Å². The molecule has 0 saturated carbocycles. The van der Waals surface area contributed by atoms with Gasteiger partial charge in [-0.05, 0) is 18.1 Å². The number of anilines is 3. The fourth-order valence-electron chi connectivity index (χ4n) is 2.16. The van der Waals surface area contributed by atoms with Gasteiger partial charge in [0.05, 0.1) is 16.5 Å². The molecule has 26 heavy (non-hydrogen) atoms. The lowest BCUT2D eigenvalue weighted by Gasteiger charge is -2.20. The Balaban J connectivity index is 2.25. The number of rotatable bonds is 5. The third-order valence-corrected chi connectivity index (χ3v) is 4.74. The van der Waals surface area contributed by atoms with Gasteiger partial charge in [-0.25, -0.2) is 9.97 Å². The number of benzene rings is 1. The van der Waals surface area contributed by atoms with Gasteiger partial charge in [-0.15, -0.1) is 0 Å².